The van der Waals surface area contributed by atoms with Gasteiger partial charge >= 0.3 is 0 Å². The van der Waals surface area contributed by atoms with E-state index in [2.05, 4.69) is 17.0 Å². The second-order valence-electron chi connectivity index (χ2n) is 5.80. The van der Waals surface area contributed by atoms with Crippen molar-refractivity contribution in [3.8, 4) is 0 Å². The lowest BCUT2D eigenvalue weighted by molar-refractivity contribution is 0.0265. The van der Waals surface area contributed by atoms with Crippen molar-refractivity contribution < 1.29 is 13.2 Å². The van der Waals surface area contributed by atoms with Crippen molar-refractivity contribution in [3.63, 3.8) is 0 Å². The summed E-state index contributed by atoms with van der Waals surface area (Å²) in [7, 11) is -3.45. The van der Waals surface area contributed by atoms with Crippen LogP contribution >= 0.6 is 0 Å². The number of benzene rings is 1. The number of rotatable bonds is 6. The molecule has 0 aliphatic carbocycles. The number of nitrogens with one attached hydrogen (secondary N) is 2. The van der Waals surface area contributed by atoms with Gasteiger partial charge in [-0.25, -0.2) is 13.1 Å². The summed E-state index contributed by atoms with van der Waals surface area (Å²) in [6.45, 7) is 6.77. The van der Waals surface area contributed by atoms with Crippen LogP contribution in [0.5, 0.6) is 0 Å². The Morgan fingerprint density at radius 2 is 1.81 bits per heavy atom. The molecule has 1 aromatic rings. The summed E-state index contributed by atoms with van der Waals surface area (Å²) in [6.07, 6.45) is 1.77. The van der Waals surface area contributed by atoms with Crippen molar-refractivity contribution in [2.24, 2.45) is 5.41 Å². The molecule has 0 aromatic heterocycles. The zero-order chi connectivity index (χ0) is 15.3. The Labute approximate surface area is 127 Å². The van der Waals surface area contributed by atoms with E-state index in [4.69, 9.17) is 4.74 Å². The smallest absolute Gasteiger partial charge is 0.240 e. The van der Waals surface area contributed by atoms with Crippen molar-refractivity contribution in [2.75, 3.05) is 31.6 Å². The van der Waals surface area contributed by atoms with Gasteiger partial charge in [-0.15, -0.1) is 0 Å². The van der Waals surface area contributed by atoms with Gasteiger partial charge in [0.25, 0.3) is 0 Å². The largest absolute Gasteiger partial charge is 0.385 e. The molecule has 21 heavy (non-hydrogen) atoms. The van der Waals surface area contributed by atoms with Crippen molar-refractivity contribution in [3.05, 3.63) is 24.3 Å². The van der Waals surface area contributed by atoms with Crippen molar-refractivity contribution >= 4 is 15.7 Å². The van der Waals surface area contributed by atoms with E-state index < -0.39 is 10.0 Å². The van der Waals surface area contributed by atoms with Gasteiger partial charge in [-0.2, -0.15) is 0 Å². The van der Waals surface area contributed by atoms with Crippen LogP contribution in [0.3, 0.4) is 0 Å². The van der Waals surface area contributed by atoms with Gasteiger partial charge in [0.15, 0.2) is 0 Å². The Kier molecular flexibility index (Phi) is 5.24. The molecule has 0 unspecified atom stereocenters. The van der Waals surface area contributed by atoms with Crippen LogP contribution in [0.1, 0.15) is 26.7 Å². The molecular weight excluding hydrogens is 288 g/mol. The third-order valence-corrected chi connectivity index (χ3v) is 5.35. The molecule has 0 bridgehead atoms. The maximum Gasteiger partial charge on any atom is 0.240 e. The fourth-order valence-corrected chi connectivity index (χ4v) is 3.55. The van der Waals surface area contributed by atoms with Crippen LogP contribution in [-0.4, -0.2) is 34.7 Å². The third-order valence-electron chi connectivity index (χ3n) is 3.93. The highest BCUT2D eigenvalue weighted by Crippen LogP contribution is 2.29. The van der Waals surface area contributed by atoms with Crippen molar-refractivity contribution in [1.29, 1.82) is 0 Å². The molecule has 5 nitrogen and oxygen atoms in total. The first-order valence-electron chi connectivity index (χ1n) is 7.37. The van der Waals surface area contributed by atoms with E-state index in [0.29, 0.717) is 24.7 Å². The summed E-state index contributed by atoms with van der Waals surface area (Å²) in [4.78, 5) is 0.305. The summed E-state index contributed by atoms with van der Waals surface area (Å²) in [5.74, 6) is 0. The Hall–Kier alpha value is -1.11. The van der Waals surface area contributed by atoms with Gasteiger partial charge in [0, 0.05) is 32.0 Å². The Balaban J connectivity index is 2.00. The molecule has 1 aliphatic heterocycles. The highest BCUT2D eigenvalue weighted by Gasteiger charge is 2.29. The molecule has 6 heteroatoms. The first-order chi connectivity index (χ1) is 9.95. The average Bonchev–Trinajstić information content (AvgIpc) is 2.47. The van der Waals surface area contributed by atoms with E-state index in [1.54, 1.807) is 24.3 Å². The molecule has 0 spiro atoms. The fraction of sp³-hybridized carbons (Fsp3) is 0.600. The minimum Gasteiger partial charge on any atom is -0.385 e. The summed E-state index contributed by atoms with van der Waals surface area (Å²) in [6, 6.07) is 6.84. The van der Waals surface area contributed by atoms with Gasteiger partial charge in [0.1, 0.15) is 0 Å². The van der Waals surface area contributed by atoms with Crippen LogP contribution in [-0.2, 0) is 14.8 Å². The van der Waals surface area contributed by atoms with Crippen LogP contribution < -0.4 is 10.0 Å². The Bertz CT molecular complexity index is 549. The summed E-state index contributed by atoms with van der Waals surface area (Å²) in [5, 5.41) is 3.15. The van der Waals surface area contributed by atoms with Crippen LogP contribution in [0, 0.1) is 5.41 Å². The third kappa shape index (κ3) is 4.43. The zero-order valence-corrected chi connectivity index (χ0v) is 13.5. The van der Waals surface area contributed by atoms with Crippen LogP contribution in [0.4, 0.5) is 5.69 Å². The molecule has 118 valence electrons. The molecule has 0 radical (unpaired) electrons. The summed E-state index contributed by atoms with van der Waals surface area (Å²) >= 11 is 0. The topological polar surface area (TPSA) is 67.4 Å². The van der Waals surface area contributed by atoms with Gasteiger partial charge < -0.3 is 10.1 Å². The first-order valence-corrected chi connectivity index (χ1v) is 8.85. The molecule has 0 saturated carbocycles. The first kappa shape index (κ1) is 16.3. The molecule has 1 aliphatic rings. The number of anilines is 1. The molecule has 0 amide bonds. The molecule has 1 fully saturated rings. The van der Waals surface area contributed by atoms with Crippen LogP contribution in [0.25, 0.3) is 0 Å². The minimum atomic E-state index is -3.45. The maximum absolute atomic E-state index is 12.3. The molecule has 2 N–H and O–H groups in total. The molecular formula is C15H24N2O3S. The number of hydrogen-bond donors (Lipinski definition) is 2. The quantitative estimate of drug-likeness (QED) is 0.845. The van der Waals surface area contributed by atoms with Crippen molar-refractivity contribution in [2.45, 2.75) is 31.6 Å². The highest BCUT2D eigenvalue weighted by molar-refractivity contribution is 7.89. The number of hydrogen-bond acceptors (Lipinski definition) is 4. The van der Waals surface area contributed by atoms with Gasteiger partial charge in [-0.3, -0.25) is 0 Å². The highest BCUT2D eigenvalue weighted by atomic mass is 32.2. The number of ether oxygens (including phenoxy) is 1. The van der Waals surface area contributed by atoms with E-state index in [9.17, 15) is 8.42 Å². The summed E-state index contributed by atoms with van der Waals surface area (Å²) < 4.78 is 32.7. The molecule has 2 rings (SSSR count). The molecule has 1 heterocycles. The zero-order valence-electron chi connectivity index (χ0n) is 12.7. The monoisotopic (exact) mass is 312 g/mol. The van der Waals surface area contributed by atoms with E-state index >= 15 is 0 Å². The van der Waals surface area contributed by atoms with Gasteiger partial charge in [-0.1, -0.05) is 6.92 Å². The standard InChI is InChI=1S/C15H24N2O3S/c1-3-16-13-4-6-14(7-5-13)21(18,19)17-12-15(2)8-10-20-11-9-15/h4-7,16-17H,3,8-12H2,1-2H3. The lowest BCUT2D eigenvalue weighted by Crippen LogP contribution is -2.39. The van der Waals surface area contributed by atoms with Gasteiger partial charge in [0.2, 0.25) is 10.0 Å². The van der Waals surface area contributed by atoms with Gasteiger partial charge in [-0.05, 0) is 49.4 Å². The van der Waals surface area contributed by atoms with Crippen LogP contribution in [0.2, 0.25) is 0 Å². The average molecular weight is 312 g/mol. The second-order valence-corrected chi connectivity index (χ2v) is 7.57. The predicted octanol–water partition coefficient (Wildman–Crippen LogP) is 2.21. The number of sulfonamides is 1. The van der Waals surface area contributed by atoms with Gasteiger partial charge in [0.05, 0.1) is 4.90 Å². The summed E-state index contributed by atoms with van der Waals surface area (Å²) in [5.41, 5.74) is 0.905. The maximum atomic E-state index is 12.3. The van der Waals surface area contributed by atoms with E-state index in [1.807, 2.05) is 6.92 Å². The predicted molar refractivity (Wildman–Crippen MR) is 84.0 cm³/mol. The van der Waals surface area contributed by atoms with Crippen LogP contribution in [0.15, 0.2) is 29.2 Å². The lowest BCUT2D eigenvalue weighted by atomic mass is 9.83. The van der Waals surface area contributed by atoms with E-state index in [0.717, 1.165) is 25.1 Å². The van der Waals surface area contributed by atoms with E-state index in [-0.39, 0.29) is 5.41 Å². The normalized spacial score (nSPS) is 18.4. The molecule has 1 saturated heterocycles. The minimum absolute atomic E-state index is 0.0188. The second kappa shape index (κ2) is 6.77. The Morgan fingerprint density at radius 3 is 2.38 bits per heavy atom. The SMILES string of the molecule is CCNc1ccc(S(=O)(=O)NCC2(C)CCOCC2)cc1. The van der Waals surface area contributed by atoms with E-state index in [1.165, 1.54) is 0 Å². The molecule has 0 atom stereocenters. The molecule has 1 aromatic carbocycles. The van der Waals surface area contributed by atoms with Crippen molar-refractivity contribution in [1.82, 2.24) is 4.72 Å². The Morgan fingerprint density at radius 1 is 1.19 bits per heavy atom. The fourth-order valence-electron chi connectivity index (χ4n) is 2.35. The lowest BCUT2D eigenvalue weighted by Gasteiger charge is -2.33.